The fourth-order valence-electron chi connectivity index (χ4n) is 7.78. The second-order valence-corrected chi connectivity index (χ2v) is 16.0. The van der Waals surface area contributed by atoms with Crippen LogP contribution in [0.25, 0.3) is 21.8 Å². The first-order valence-electron chi connectivity index (χ1n) is 19.2. The molecule has 2 unspecified atom stereocenters. The van der Waals surface area contributed by atoms with E-state index in [1.807, 2.05) is 30.6 Å². The Morgan fingerprint density at radius 3 is 1.70 bits per heavy atom. The number of hydrogen-bond donors (Lipinski definition) is 1. The molecule has 4 fully saturated rings. The van der Waals surface area contributed by atoms with E-state index in [1.165, 1.54) is 48.1 Å². The lowest BCUT2D eigenvalue weighted by atomic mass is 9.94. The molecule has 6 aromatic rings. The van der Waals surface area contributed by atoms with Gasteiger partial charge >= 0.3 is 0 Å². The number of nitrogens with zero attached hydrogens (tertiary/aromatic N) is 7. The van der Waals surface area contributed by atoms with Crippen molar-refractivity contribution in [2.75, 3.05) is 67.1 Å². The SMILES string of the molecule is Brc1cccnc1C1CN(c2ccc3ccccc3n2)C1.CC1CCN(c2cccnc2C2CN(c3ccc4ccccc4n3)C2)C1.CC1CCNC1. The molecule has 0 saturated carbocycles. The Hall–Kier alpha value is -4.60. The molecule has 0 radical (unpaired) electrons. The van der Waals surface area contributed by atoms with Gasteiger partial charge in [-0.3, -0.25) is 9.97 Å². The number of benzene rings is 2. The minimum Gasteiger partial charge on any atom is -0.370 e. The largest absolute Gasteiger partial charge is 0.370 e. The van der Waals surface area contributed by atoms with Crippen molar-refractivity contribution in [3.8, 4) is 0 Å². The van der Waals surface area contributed by atoms with Crippen molar-refractivity contribution in [2.24, 2.45) is 11.8 Å². The van der Waals surface area contributed by atoms with E-state index in [4.69, 9.17) is 15.0 Å². The number of fused-ring (bicyclic) bond motifs is 2. The number of nitrogens with one attached hydrogen (secondary N) is 1. The first-order valence-corrected chi connectivity index (χ1v) is 20.0. The van der Waals surface area contributed by atoms with Crippen molar-refractivity contribution in [1.82, 2.24) is 25.3 Å². The Labute approximate surface area is 321 Å². The summed E-state index contributed by atoms with van der Waals surface area (Å²) in [7, 11) is 0. The molecule has 4 saturated heterocycles. The van der Waals surface area contributed by atoms with Crippen molar-refractivity contribution in [2.45, 2.75) is 38.5 Å². The number of rotatable bonds is 5. The van der Waals surface area contributed by atoms with E-state index in [-0.39, 0.29) is 0 Å². The summed E-state index contributed by atoms with van der Waals surface area (Å²) in [4.78, 5) is 26.0. The van der Waals surface area contributed by atoms with Crippen LogP contribution in [0, 0.1) is 11.8 Å². The highest BCUT2D eigenvalue weighted by Gasteiger charge is 2.34. The molecule has 0 amide bonds. The second-order valence-electron chi connectivity index (χ2n) is 15.1. The first kappa shape index (κ1) is 35.4. The van der Waals surface area contributed by atoms with E-state index in [0.29, 0.717) is 11.8 Å². The molecule has 9 heteroatoms. The van der Waals surface area contributed by atoms with Gasteiger partial charge in [0, 0.05) is 78.7 Å². The minimum atomic E-state index is 0.480. The first-order chi connectivity index (χ1) is 26.0. The fourth-order valence-corrected chi connectivity index (χ4v) is 8.36. The highest BCUT2D eigenvalue weighted by Crippen LogP contribution is 2.37. The van der Waals surface area contributed by atoms with Crippen LogP contribution in [0.2, 0.25) is 0 Å². The van der Waals surface area contributed by atoms with Gasteiger partial charge in [-0.25, -0.2) is 9.97 Å². The number of pyridine rings is 4. The van der Waals surface area contributed by atoms with Crippen LogP contribution in [0.3, 0.4) is 0 Å². The maximum absolute atomic E-state index is 4.83. The Balaban J connectivity index is 0.000000133. The molecule has 8 nitrogen and oxygen atoms in total. The smallest absolute Gasteiger partial charge is 0.129 e. The fraction of sp³-hybridized carbons (Fsp3) is 0.364. The minimum absolute atomic E-state index is 0.480. The molecule has 0 spiro atoms. The molecule has 53 heavy (non-hydrogen) atoms. The average Bonchev–Trinajstić information content (AvgIpc) is 3.82. The molecule has 8 heterocycles. The van der Waals surface area contributed by atoms with Crippen LogP contribution >= 0.6 is 15.9 Å². The topological polar surface area (TPSA) is 73.3 Å². The van der Waals surface area contributed by atoms with Gasteiger partial charge in [-0.2, -0.15) is 0 Å². The highest BCUT2D eigenvalue weighted by atomic mass is 79.9. The van der Waals surface area contributed by atoms with Gasteiger partial charge in [0.05, 0.1) is 28.1 Å². The lowest BCUT2D eigenvalue weighted by molar-refractivity contribution is 0.508. The van der Waals surface area contributed by atoms with E-state index < -0.39 is 0 Å². The molecule has 4 aliphatic heterocycles. The van der Waals surface area contributed by atoms with Gasteiger partial charge in [-0.1, -0.05) is 50.2 Å². The normalized spacial score (nSPS) is 20.0. The van der Waals surface area contributed by atoms with Crippen molar-refractivity contribution in [3.63, 3.8) is 0 Å². The molecule has 4 aliphatic rings. The van der Waals surface area contributed by atoms with Crippen LogP contribution in [0.15, 0.2) is 114 Å². The molecule has 1 N–H and O–H groups in total. The van der Waals surface area contributed by atoms with E-state index in [0.717, 1.165) is 83.9 Å². The Morgan fingerprint density at radius 1 is 0.585 bits per heavy atom. The molecule has 2 aromatic carbocycles. The van der Waals surface area contributed by atoms with Crippen molar-refractivity contribution in [1.29, 1.82) is 0 Å². The maximum Gasteiger partial charge on any atom is 0.129 e. The Bertz CT molecular complexity index is 2140. The van der Waals surface area contributed by atoms with Gasteiger partial charge in [-0.05, 0) is 114 Å². The lowest BCUT2D eigenvalue weighted by Gasteiger charge is -2.41. The molecule has 272 valence electrons. The summed E-state index contributed by atoms with van der Waals surface area (Å²) in [5.74, 6) is 4.82. The van der Waals surface area contributed by atoms with E-state index in [2.05, 4.69) is 134 Å². The summed E-state index contributed by atoms with van der Waals surface area (Å²) < 4.78 is 1.10. The van der Waals surface area contributed by atoms with Gasteiger partial charge in [0.2, 0.25) is 0 Å². The third-order valence-corrected chi connectivity index (χ3v) is 11.7. The van der Waals surface area contributed by atoms with Crippen molar-refractivity contribution in [3.05, 3.63) is 125 Å². The molecular weight excluding hydrogens is 720 g/mol. The lowest BCUT2D eigenvalue weighted by Crippen LogP contribution is -2.46. The quantitative estimate of drug-likeness (QED) is 0.187. The van der Waals surface area contributed by atoms with E-state index in [1.54, 1.807) is 0 Å². The predicted molar refractivity (Wildman–Crippen MR) is 222 cm³/mol. The standard InChI is InChI=1S/C22H24N4.C17H14BrN3.C5H11N/c1-16-10-12-25(13-16)20-7-4-11-23-22(20)18-14-26(15-18)21-9-8-17-5-2-3-6-19(17)24-21;18-14-5-3-9-19-17(14)13-10-21(11-13)16-8-7-12-4-1-2-6-15(12)20-16;1-5-2-3-6-4-5/h2-9,11,16,18H,10,12-15H2,1H3;1-9,13H,10-11H2;5-6H,2-4H2,1H3. The van der Waals surface area contributed by atoms with Crippen LogP contribution in [0.5, 0.6) is 0 Å². The summed E-state index contributed by atoms with van der Waals surface area (Å²) in [5.41, 5.74) is 5.87. The van der Waals surface area contributed by atoms with Crippen LogP contribution in [0.1, 0.15) is 49.9 Å². The third kappa shape index (κ3) is 8.16. The molecule has 4 aromatic heterocycles. The average molecular weight is 770 g/mol. The van der Waals surface area contributed by atoms with Gasteiger partial charge in [0.15, 0.2) is 0 Å². The summed E-state index contributed by atoms with van der Waals surface area (Å²) in [6, 6.07) is 33.4. The Kier molecular flexibility index (Phi) is 10.8. The predicted octanol–water partition coefficient (Wildman–Crippen LogP) is 8.69. The zero-order valence-electron chi connectivity index (χ0n) is 30.8. The van der Waals surface area contributed by atoms with Gasteiger partial charge in [0.1, 0.15) is 11.6 Å². The molecule has 0 aliphatic carbocycles. The summed E-state index contributed by atoms with van der Waals surface area (Å²) >= 11 is 3.58. The Morgan fingerprint density at radius 2 is 1.17 bits per heavy atom. The van der Waals surface area contributed by atoms with Crippen LogP contribution in [-0.4, -0.2) is 72.3 Å². The van der Waals surface area contributed by atoms with Crippen molar-refractivity contribution < 1.29 is 0 Å². The molecule has 0 bridgehead atoms. The second kappa shape index (κ2) is 16.2. The number of para-hydroxylation sites is 2. The molecular formula is C44H49BrN8. The van der Waals surface area contributed by atoms with Crippen LogP contribution in [-0.2, 0) is 0 Å². The third-order valence-electron chi connectivity index (χ3n) is 11.0. The zero-order valence-corrected chi connectivity index (χ0v) is 32.4. The van der Waals surface area contributed by atoms with Gasteiger partial charge in [-0.15, -0.1) is 0 Å². The van der Waals surface area contributed by atoms with E-state index in [9.17, 15) is 0 Å². The van der Waals surface area contributed by atoms with E-state index >= 15 is 0 Å². The number of halogens is 1. The van der Waals surface area contributed by atoms with Gasteiger partial charge in [0.25, 0.3) is 0 Å². The zero-order chi connectivity index (χ0) is 36.1. The summed E-state index contributed by atoms with van der Waals surface area (Å²) in [6.45, 7) is 13.3. The maximum atomic E-state index is 4.83. The monoisotopic (exact) mass is 768 g/mol. The molecule has 2 atom stereocenters. The molecule has 10 rings (SSSR count). The van der Waals surface area contributed by atoms with Gasteiger partial charge < -0.3 is 20.0 Å². The number of anilines is 3. The highest BCUT2D eigenvalue weighted by molar-refractivity contribution is 9.10. The number of hydrogen-bond acceptors (Lipinski definition) is 8. The van der Waals surface area contributed by atoms with Crippen LogP contribution < -0.4 is 20.0 Å². The van der Waals surface area contributed by atoms with Crippen LogP contribution in [0.4, 0.5) is 17.3 Å². The van der Waals surface area contributed by atoms with Crippen molar-refractivity contribution >= 4 is 55.1 Å². The number of aromatic nitrogens is 4. The summed E-state index contributed by atoms with van der Waals surface area (Å²) in [6.07, 6.45) is 6.46. The summed E-state index contributed by atoms with van der Waals surface area (Å²) in [5, 5.41) is 5.66.